The van der Waals surface area contributed by atoms with Gasteiger partial charge in [-0.2, -0.15) is 0 Å². The Morgan fingerprint density at radius 1 is 1.03 bits per heavy atom. The number of amidine groups is 1. The molecule has 1 heterocycles. The fourth-order valence-corrected chi connectivity index (χ4v) is 3.35. The molecule has 3 aromatic rings. The zero-order chi connectivity index (χ0) is 25.5. The van der Waals surface area contributed by atoms with E-state index >= 15 is 0 Å². The molecule has 0 unspecified atom stereocenters. The lowest BCUT2D eigenvalue weighted by Crippen LogP contribution is -2.22. The molecular formula is C26H24ClN5O3. The maximum atomic E-state index is 13.1. The average molecular weight is 490 g/mol. The average Bonchev–Trinajstić information content (AvgIpc) is 2.85. The van der Waals surface area contributed by atoms with Crippen molar-refractivity contribution in [2.75, 3.05) is 31.8 Å². The predicted molar refractivity (Wildman–Crippen MR) is 138 cm³/mol. The highest BCUT2D eigenvalue weighted by molar-refractivity contribution is 6.31. The first-order valence-electron chi connectivity index (χ1n) is 10.5. The molecule has 9 heteroatoms. The van der Waals surface area contributed by atoms with Crippen LogP contribution < -0.4 is 15.4 Å². The van der Waals surface area contributed by atoms with Crippen molar-refractivity contribution in [3.05, 3.63) is 82.0 Å². The quantitative estimate of drug-likeness (QED) is 0.268. The predicted octanol–water partition coefficient (Wildman–Crippen LogP) is 4.51. The fraction of sp³-hybridized carbons (Fsp3) is 0.154. The molecule has 3 N–H and O–H groups in total. The summed E-state index contributed by atoms with van der Waals surface area (Å²) < 4.78 is 5.38. The van der Waals surface area contributed by atoms with Gasteiger partial charge in [0, 0.05) is 48.1 Å². The summed E-state index contributed by atoms with van der Waals surface area (Å²) in [6, 6.07) is 12.9. The van der Waals surface area contributed by atoms with E-state index in [4.69, 9.17) is 21.7 Å². The zero-order valence-electron chi connectivity index (χ0n) is 19.7. The van der Waals surface area contributed by atoms with E-state index in [-0.39, 0.29) is 22.0 Å². The van der Waals surface area contributed by atoms with Crippen LogP contribution in [0.2, 0.25) is 5.02 Å². The normalized spacial score (nSPS) is 9.97. The maximum Gasteiger partial charge on any atom is 0.259 e. The van der Waals surface area contributed by atoms with Crippen molar-refractivity contribution in [1.82, 2.24) is 9.88 Å². The Balaban J connectivity index is 1.88. The lowest BCUT2D eigenvalue weighted by molar-refractivity contribution is 0.102. The maximum absolute atomic E-state index is 13.1. The van der Waals surface area contributed by atoms with E-state index < -0.39 is 11.8 Å². The minimum atomic E-state index is -0.530. The third kappa shape index (κ3) is 6.16. The Morgan fingerprint density at radius 2 is 1.71 bits per heavy atom. The Hall–Kier alpha value is -4.35. The van der Waals surface area contributed by atoms with Gasteiger partial charge in [0.2, 0.25) is 0 Å². The van der Waals surface area contributed by atoms with Crippen molar-refractivity contribution < 1.29 is 14.3 Å². The second kappa shape index (κ2) is 11.2. The van der Waals surface area contributed by atoms with E-state index in [0.29, 0.717) is 22.8 Å². The van der Waals surface area contributed by atoms with E-state index in [1.54, 1.807) is 68.5 Å². The van der Waals surface area contributed by atoms with Gasteiger partial charge in [-0.15, -0.1) is 5.92 Å². The van der Waals surface area contributed by atoms with Crippen LogP contribution in [-0.4, -0.2) is 48.7 Å². The number of nitrogens with zero attached hydrogens (tertiary/aromatic N) is 2. The van der Waals surface area contributed by atoms with Gasteiger partial charge in [-0.1, -0.05) is 29.7 Å². The molecule has 0 aliphatic carbocycles. The van der Waals surface area contributed by atoms with Gasteiger partial charge in [-0.3, -0.25) is 15.0 Å². The Kier molecular flexibility index (Phi) is 8.08. The molecule has 8 nitrogen and oxygen atoms in total. The number of halogens is 1. The number of aromatic nitrogens is 1. The van der Waals surface area contributed by atoms with Crippen LogP contribution in [0.15, 0.2) is 54.7 Å². The second-order valence-electron chi connectivity index (χ2n) is 7.57. The highest BCUT2D eigenvalue weighted by atomic mass is 35.5. The van der Waals surface area contributed by atoms with Gasteiger partial charge >= 0.3 is 0 Å². The van der Waals surface area contributed by atoms with Crippen LogP contribution in [0.5, 0.6) is 5.75 Å². The number of anilines is 2. The van der Waals surface area contributed by atoms with Crippen LogP contribution in [0.1, 0.15) is 38.8 Å². The van der Waals surface area contributed by atoms with E-state index in [0.717, 1.165) is 5.56 Å². The summed E-state index contributed by atoms with van der Waals surface area (Å²) in [5, 5.41) is 13.8. The number of carbonyl (C=O) groups is 2. The number of pyridine rings is 1. The fourth-order valence-electron chi connectivity index (χ4n) is 3.14. The number of nitrogens with one attached hydrogen (secondary N) is 3. The molecule has 0 aliphatic rings. The van der Waals surface area contributed by atoms with Crippen LogP contribution in [0.3, 0.4) is 0 Å². The van der Waals surface area contributed by atoms with Gasteiger partial charge in [0.15, 0.2) is 0 Å². The number of rotatable bonds is 6. The molecule has 0 saturated heterocycles. The van der Waals surface area contributed by atoms with E-state index in [2.05, 4.69) is 27.5 Å². The molecule has 0 bridgehead atoms. The molecule has 178 valence electrons. The minimum absolute atomic E-state index is 0.105. The lowest BCUT2D eigenvalue weighted by atomic mass is 10.1. The van der Waals surface area contributed by atoms with Crippen LogP contribution in [0.4, 0.5) is 11.5 Å². The number of amides is 2. The smallest absolute Gasteiger partial charge is 0.259 e. The molecule has 0 aliphatic heterocycles. The first-order chi connectivity index (χ1) is 16.7. The monoisotopic (exact) mass is 489 g/mol. The highest BCUT2D eigenvalue weighted by Gasteiger charge is 2.21. The highest BCUT2D eigenvalue weighted by Crippen LogP contribution is 2.33. The van der Waals surface area contributed by atoms with E-state index in [9.17, 15) is 9.59 Å². The summed E-state index contributed by atoms with van der Waals surface area (Å²) in [4.78, 5) is 31.9. The standard InChI is InChI=1S/C26H24ClN5O3/c1-5-6-16-7-12-22(29-15-16)30-26(34)20-13-19(27)14-21(35-4)23(20)31-25(33)18-10-8-17(9-11-18)24(28)32(2)3/h7-15,28H,1-4H3,(H,31,33)(H,29,30,34). The largest absolute Gasteiger partial charge is 0.494 e. The number of hydrogen-bond donors (Lipinski definition) is 3. The third-order valence-corrected chi connectivity index (χ3v) is 5.13. The zero-order valence-corrected chi connectivity index (χ0v) is 20.4. The van der Waals surface area contributed by atoms with Crippen molar-refractivity contribution >= 4 is 40.8 Å². The molecule has 0 atom stereocenters. The SMILES string of the molecule is CC#Cc1ccc(NC(=O)c2cc(Cl)cc(OC)c2NC(=O)c2ccc(C(=N)N(C)C)cc2)nc1. The minimum Gasteiger partial charge on any atom is -0.494 e. The van der Waals surface area contributed by atoms with Crippen molar-refractivity contribution in [2.45, 2.75) is 6.92 Å². The van der Waals surface area contributed by atoms with E-state index in [1.807, 2.05) is 0 Å². The molecule has 0 fully saturated rings. The first kappa shape index (κ1) is 25.3. The van der Waals surface area contributed by atoms with Crippen molar-refractivity contribution in [3.8, 4) is 17.6 Å². The van der Waals surface area contributed by atoms with Gasteiger partial charge in [-0.05, 0) is 37.3 Å². The summed E-state index contributed by atoms with van der Waals surface area (Å²) in [6.07, 6.45) is 1.55. The van der Waals surface area contributed by atoms with Gasteiger partial charge in [-0.25, -0.2) is 4.98 Å². The summed E-state index contributed by atoms with van der Waals surface area (Å²) >= 11 is 6.20. The molecule has 3 rings (SSSR count). The Bertz CT molecular complexity index is 1320. The van der Waals surface area contributed by atoms with Crippen molar-refractivity contribution in [3.63, 3.8) is 0 Å². The van der Waals surface area contributed by atoms with Crippen LogP contribution in [0.25, 0.3) is 0 Å². The van der Waals surface area contributed by atoms with Crippen molar-refractivity contribution in [1.29, 1.82) is 5.41 Å². The van der Waals surface area contributed by atoms with Gasteiger partial charge < -0.3 is 20.3 Å². The number of carbonyl (C=O) groups excluding carboxylic acids is 2. The van der Waals surface area contributed by atoms with Gasteiger partial charge in [0.1, 0.15) is 17.4 Å². The topological polar surface area (TPSA) is 107 Å². The van der Waals surface area contributed by atoms with Gasteiger partial charge in [0.05, 0.1) is 18.4 Å². The first-order valence-corrected chi connectivity index (χ1v) is 10.9. The van der Waals surface area contributed by atoms with Crippen LogP contribution in [-0.2, 0) is 0 Å². The summed E-state index contributed by atoms with van der Waals surface area (Å²) in [7, 11) is 4.96. The lowest BCUT2D eigenvalue weighted by Gasteiger charge is -2.16. The molecule has 2 aromatic carbocycles. The third-order valence-electron chi connectivity index (χ3n) is 4.91. The number of ether oxygens (including phenoxy) is 1. The molecule has 0 spiro atoms. The van der Waals surface area contributed by atoms with Crippen molar-refractivity contribution in [2.24, 2.45) is 0 Å². The van der Waals surface area contributed by atoms with Crippen LogP contribution >= 0.6 is 11.6 Å². The molecule has 0 saturated carbocycles. The molecule has 1 aromatic heterocycles. The molecular weight excluding hydrogens is 466 g/mol. The summed E-state index contributed by atoms with van der Waals surface area (Å²) in [5.74, 6) is 5.54. The molecule has 0 radical (unpaired) electrons. The molecule has 35 heavy (non-hydrogen) atoms. The Morgan fingerprint density at radius 3 is 2.29 bits per heavy atom. The van der Waals surface area contributed by atoms with E-state index in [1.165, 1.54) is 19.2 Å². The number of methoxy groups -OCH3 is 1. The summed E-state index contributed by atoms with van der Waals surface area (Å²) in [5.41, 5.74) is 2.00. The summed E-state index contributed by atoms with van der Waals surface area (Å²) in [6.45, 7) is 1.72. The van der Waals surface area contributed by atoms with Gasteiger partial charge in [0.25, 0.3) is 11.8 Å². The number of benzene rings is 2. The second-order valence-corrected chi connectivity index (χ2v) is 8.00. The van der Waals surface area contributed by atoms with Crippen LogP contribution in [0, 0.1) is 17.3 Å². The Labute approximate surface area is 208 Å². The number of hydrogen-bond acceptors (Lipinski definition) is 5. The molecule has 2 amide bonds.